The van der Waals surface area contributed by atoms with Crippen molar-refractivity contribution in [2.75, 3.05) is 0 Å². The minimum atomic E-state index is 0.150. The van der Waals surface area contributed by atoms with Crippen LogP contribution in [-0.2, 0) is 11.2 Å². The zero-order valence-electron chi connectivity index (χ0n) is 9.99. The molecule has 1 fully saturated rings. The summed E-state index contributed by atoms with van der Waals surface area (Å²) in [5.74, 6) is 0.496. The molecule has 4 rings (SSSR count). The van der Waals surface area contributed by atoms with Crippen LogP contribution in [-0.4, -0.2) is 10.9 Å². The fourth-order valence-electron chi connectivity index (χ4n) is 3.18. The number of para-hydroxylation sites is 1. The van der Waals surface area contributed by atoms with Crippen LogP contribution < -0.4 is 5.32 Å². The van der Waals surface area contributed by atoms with Gasteiger partial charge >= 0.3 is 0 Å². The van der Waals surface area contributed by atoms with Crippen LogP contribution in [0.25, 0.3) is 10.9 Å². The molecule has 1 aliphatic carbocycles. The van der Waals surface area contributed by atoms with Crippen molar-refractivity contribution in [3.05, 3.63) is 47.3 Å². The smallest absolute Gasteiger partial charge is 0.224 e. The van der Waals surface area contributed by atoms with Crippen molar-refractivity contribution < 1.29 is 4.79 Å². The van der Waals surface area contributed by atoms with Crippen molar-refractivity contribution in [3.8, 4) is 0 Å². The second kappa shape index (κ2) is 3.48. The molecule has 2 heterocycles. The Labute approximate surface area is 105 Å². The molecule has 0 saturated carbocycles. The Morgan fingerprint density at radius 2 is 2.11 bits per heavy atom. The molecule has 1 atom stereocenters. The fourth-order valence-corrected chi connectivity index (χ4v) is 3.18. The van der Waals surface area contributed by atoms with Gasteiger partial charge in [0.1, 0.15) is 0 Å². The molecule has 1 saturated heterocycles. The molecule has 3 heteroatoms. The topological polar surface area (TPSA) is 44.9 Å². The highest BCUT2D eigenvalue weighted by molar-refractivity contribution is 5.87. The first-order valence-electron chi connectivity index (χ1n) is 6.42. The molecule has 1 aliphatic heterocycles. The van der Waals surface area contributed by atoms with Gasteiger partial charge in [0.2, 0.25) is 5.91 Å². The largest absolute Gasteiger partial charge is 0.358 e. The number of fused-ring (bicyclic) bond motifs is 5. The van der Waals surface area contributed by atoms with E-state index < -0.39 is 0 Å². The van der Waals surface area contributed by atoms with E-state index in [4.69, 9.17) is 0 Å². The van der Waals surface area contributed by atoms with Gasteiger partial charge in [-0.05, 0) is 24.5 Å². The number of amides is 1. The van der Waals surface area contributed by atoms with E-state index >= 15 is 0 Å². The second-order valence-corrected chi connectivity index (χ2v) is 5.07. The van der Waals surface area contributed by atoms with Crippen LogP contribution in [0.2, 0.25) is 0 Å². The highest BCUT2D eigenvalue weighted by Crippen LogP contribution is 2.39. The maximum atomic E-state index is 11.4. The van der Waals surface area contributed by atoms with Gasteiger partial charge in [0, 0.05) is 34.6 Å². The lowest BCUT2D eigenvalue weighted by molar-refractivity contribution is -0.121. The summed E-state index contributed by atoms with van der Waals surface area (Å²) in [6.07, 6.45) is 4.62. The molecule has 2 aromatic rings. The van der Waals surface area contributed by atoms with E-state index in [-0.39, 0.29) is 5.91 Å². The van der Waals surface area contributed by atoms with Crippen LogP contribution in [0, 0.1) is 0 Å². The zero-order chi connectivity index (χ0) is 12.1. The third-order valence-electron chi connectivity index (χ3n) is 4.04. The van der Waals surface area contributed by atoms with Crippen LogP contribution >= 0.6 is 0 Å². The summed E-state index contributed by atoms with van der Waals surface area (Å²) in [4.78, 5) is 15.0. The van der Waals surface area contributed by atoms with Crippen LogP contribution in [0.15, 0.2) is 36.0 Å². The number of hydrogen-bond acceptors (Lipinski definition) is 1. The summed E-state index contributed by atoms with van der Waals surface area (Å²) in [5.41, 5.74) is 4.99. The first-order valence-corrected chi connectivity index (χ1v) is 6.42. The lowest BCUT2D eigenvalue weighted by Gasteiger charge is -2.29. The van der Waals surface area contributed by atoms with E-state index in [1.807, 2.05) is 0 Å². The lowest BCUT2D eigenvalue weighted by atomic mass is 9.84. The molecule has 2 aliphatic rings. The van der Waals surface area contributed by atoms with Gasteiger partial charge in [0.15, 0.2) is 0 Å². The second-order valence-electron chi connectivity index (χ2n) is 5.07. The number of rotatable bonds is 0. The van der Waals surface area contributed by atoms with Crippen molar-refractivity contribution in [2.45, 2.75) is 25.2 Å². The van der Waals surface area contributed by atoms with Gasteiger partial charge < -0.3 is 10.3 Å². The number of aromatic amines is 1. The molecule has 0 spiro atoms. The van der Waals surface area contributed by atoms with E-state index in [2.05, 4.69) is 40.6 Å². The monoisotopic (exact) mass is 238 g/mol. The number of H-pyrrole nitrogens is 1. The Balaban J connectivity index is 1.89. The predicted octanol–water partition coefficient (Wildman–Crippen LogP) is 2.60. The number of aromatic nitrogens is 1. The zero-order valence-corrected chi connectivity index (χ0v) is 9.99. The third-order valence-corrected chi connectivity index (χ3v) is 4.04. The van der Waals surface area contributed by atoms with Crippen molar-refractivity contribution in [2.24, 2.45) is 0 Å². The SMILES string of the molecule is O=C1CCC2C(=CCc3c2[nH]c2ccccc32)N1. The third kappa shape index (κ3) is 1.27. The van der Waals surface area contributed by atoms with Gasteiger partial charge in [-0.3, -0.25) is 4.79 Å². The Morgan fingerprint density at radius 3 is 3.06 bits per heavy atom. The maximum absolute atomic E-state index is 11.4. The Morgan fingerprint density at radius 1 is 1.22 bits per heavy atom. The van der Waals surface area contributed by atoms with Gasteiger partial charge in [-0.2, -0.15) is 0 Å². The summed E-state index contributed by atoms with van der Waals surface area (Å²) in [6, 6.07) is 8.43. The molecule has 2 N–H and O–H groups in total. The first kappa shape index (κ1) is 9.95. The maximum Gasteiger partial charge on any atom is 0.224 e. The van der Waals surface area contributed by atoms with E-state index in [1.54, 1.807) is 0 Å². The molecular formula is C15H14N2O. The summed E-state index contributed by atoms with van der Waals surface area (Å²) in [6.45, 7) is 0. The Kier molecular flexibility index (Phi) is 1.92. The number of allylic oxidation sites excluding steroid dienone is 2. The Bertz CT molecular complexity index is 681. The molecular weight excluding hydrogens is 224 g/mol. The molecule has 90 valence electrons. The molecule has 1 unspecified atom stereocenters. The Hall–Kier alpha value is -2.03. The van der Waals surface area contributed by atoms with Crippen LogP contribution in [0.3, 0.4) is 0 Å². The molecule has 1 amide bonds. The van der Waals surface area contributed by atoms with Crippen molar-refractivity contribution in [1.29, 1.82) is 0 Å². The number of hydrogen-bond donors (Lipinski definition) is 2. The van der Waals surface area contributed by atoms with Crippen molar-refractivity contribution in [1.82, 2.24) is 10.3 Å². The number of piperidine rings is 1. The number of benzene rings is 1. The summed E-state index contributed by atoms with van der Waals surface area (Å²) >= 11 is 0. The van der Waals surface area contributed by atoms with Crippen molar-refractivity contribution in [3.63, 3.8) is 0 Å². The van der Waals surface area contributed by atoms with Gasteiger partial charge in [0.25, 0.3) is 0 Å². The highest BCUT2D eigenvalue weighted by Gasteiger charge is 2.30. The van der Waals surface area contributed by atoms with Crippen LogP contribution in [0.4, 0.5) is 0 Å². The average Bonchev–Trinajstić information content (AvgIpc) is 2.77. The number of nitrogens with one attached hydrogen (secondary N) is 2. The predicted molar refractivity (Wildman–Crippen MR) is 70.2 cm³/mol. The summed E-state index contributed by atoms with van der Waals surface area (Å²) in [7, 11) is 0. The number of carbonyl (C=O) groups is 1. The van der Waals surface area contributed by atoms with Crippen LogP contribution in [0.5, 0.6) is 0 Å². The van der Waals surface area contributed by atoms with Crippen LogP contribution in [0.1, 0.15) is 30.0 Å². The average molecular weight is 238 g/mol. The van der Waals surface area contributed by atoms with E-state index in [0.29, 0.717) is 12.3 Å². The molecule has 1 aromatic heterocycles. The summed E-state index contributed by atoms with van der Waals surface area (Å²) in [5, 5.41) is 4.32. The standard InChI is InChI=1S/C15H14N2O/c18-14-8-6-11-13(16-14)7-5-10-9-3-1-2-4-12(9)17-15(10)11/h1-4,7,11,17H,5-6,8H2,(H,16,18). The minimum Gasteiger partial charge on any atom is -0.358 e. The molecule has 1 aromatic carbocycles. The van der Waals surface area contributed by atoms with Gasteiger partial charge in [-0.25, -0.2) is 0 Å². The molecule has 18 heavy (non-hydrogen) atoms. The fraction of sp³-hybridized carbons (Fsp3) is 0.267. The van der Waals surface area contributed by atoms with Gasteiger partial charge in [0.05, 0.1) is 0 Å². The highest BCUT2D eigenvalue weighted by atomic mass is 16.1. The van der Waals surface area contributed by atoms with Crippen molar-refractivity contribution >= 4 is 16.8 Å². The molecule has 0 radical (unpaired) electrons. The minimum absolute atomic E-state index is 0.150. The first-order chi connectivity index (χ1) is 8.83. The quantitative estimate of drug-likeness (QED) is 0.728. The van der Waals surface area contributed by atoms with E-state index in [1.165, 1.54) is 22.2 Å². The summed E-state index contributed by atoms with van der Waals surface area (Å²) < 4.78 is 0. The van der Waals surface area contributed by atoms with Gasteiger partial charge in [-0.1, -0.05) is 24.3 Å². The molecule has 0 bridgehead atoms. The normalized spacial score (nSPS) is 22.1. The van der Waals surface area contributed by atoms with E-state index in [9.17, 15) is 4.79 Å². The lowest BCUT2D eigenvalue weighted by Crippen LogP contribution is -2.33. The molecule has 3 nitrogen and oxygen atoms in total. The van der Waals surface area contributed by atoms with Gasteiger partial charge in [-0.15, -0.1) is 0 Å². The number of carbonyl (C=O) groups excluding carboxylic acids is 1. The van der Waals surface area contributed by atoms with E-state index in [0.717, 1.165) is 18.5 Å².